The summed E-state index contributed by atoms with van der Waals surface area (Å²) in [6, 6.07) is 7.27. The number of amides is 1. The highest BCUT2D eigenvalue weighted by Gasteiger charge is 2.23. The van der Waals surface area contributed by atoms with Crippen molar-refractivity contribution in [1.29, 1.82) is 0 Å². The monoisotopic (exact) mass is 345 g/mol. The Kier molecular flexibility index (Phi) is 3.85. The van der Waals surface area contributed by atoms with Crippen molar-refractivity contribution in [2.24, 2.45) is 0 Å². The molecule has 3 rings (SSSR count). The highest BCUT2D eigenvalue weighted by Crippen LogP contribution is 2.27. The summed E-state index contributed by atoms with van der Waals surface area (Å²) in [5.74, 6) is -2.20. The van der Waals surface area contributed by atoms with Gasteiger partial charge in [-0.2, -0.15) is 4.68 Å². The van der Waals surface area contributed by atoms with Crippen LogP contribution in [0.25, 0.3) is 11.1 Å². The maximum absolute atomic E-state index is 12.3. The molecule has 3 aromatic rings. The summed E-state index contributed by atoms with van der Waals surface area (Å²) in [4.78, 5) is 34.6. The zero-order valence-corrected chi connectivity index (χ0v) is 12.7. The molecular weight excluding hydrogens is 334 g/mol. The van der Waals surface area contributed by atoms with E-state index in [1.807, 2.05) is 0 Å². The first-order valence-corrected chi connectivity index (χ1v) is 6.85. The van der Waals surface area contributed by atoms with Gasteiger partial charge in [-0.05, 0) is 18.2 Å². The molecule has 0 bridgehead atoms. The van der Waals surface area contributed by atoms with Gasteiger partial charge in [0.05, 0.1) is 7.11 Å². The van der Waals surface area contributed by atoms with Crippen molar-refractivity contribution >= 4 is 34.9 Å². The molecule has 3 N–H and O–H groups in total. The Morgan fingerprint density at radius 3 is 2.64 bits per heavy atom. The first kappa shape index (κ1) is 16.1. The number of rotatable bonds is 4. The maximum Gasteiger partial charge on any atom is 0.432 e. The normalized spacial score (nSPS) is 10.6. The molecule has 0 saturated heterocycles. The molecule has 0 aliphatic heterocycles. The molecular formula is C15H11N3O7. The van der Waals surface area contributed by atoms with Gasteiger partial charge < -0.3 is 24.7 Å². The molecule has 0 unspecified atom stereocenters. The smallest absolute Gasteiger partial charge is 0.432 e. The zero-order valence-electron chi connectivity index (χ0n) is 12.7. The summed E-state index contributed by atoms with van der Waals surface area (Å²) in [7, 11) is 1.45. The molecule has 128 valence electrons. The first-order chi connectivity index (χ1) is 11.9. The third-order valence-electron chi connectivity index (χ3n) is 3.31. The molecule has 0 atom stereocenters. The quantitative estimate of drug-likeness (QED) is 0.652. The number of anilines is 1. The number of carboxylic acid groups (broad SMARTS) is 2. The molecule has 0 aliphatic carbocycles. The average Bonchev–Trinajstić information content (AvgIpc) is 3.15. The Morgan fingerprint density at radius 2 is 2.00 bits per heavy atom. The number of methoxy groups -OCH3 is 1. The second kappa shape index (κ2) is 6.00. The molecule has 0 fully saturated rings. The van der Waals surface area contributed by atoms with E-state index < -0.39 is 23.7 Å². The Morgan fingerprint density at radius 1 is 1.24 bits per heavy atom. The lowest BCUT2D eigenvalue weighted by Crippen LogP contribution is -2.14. The number of carbonyl (C=O) groups excluding carboxylic acids is 1. The Labute approximate surface area is 139 Å². The van der Waals surface area contributed by atoms with E-state index in [0.717, 1.165) is 6.07 Å². The van der Waals surface area contributed by atoms with Gasteiger partial charge in [-0.25, -0.2) is 9.59 Å². The summed E-state index contributed by atoms with van der Waals surface area (Å²) in [6.45, 7) is 0. The van der Waals surface area contributed by atoms with Gasteiger partial charge in [-0.15, -0.1) is 5.10 Å². The van der Waals surface area contributed by atoms with Crippen LogP contribution >= 0.6 is 0 Å². The van der Waals surface area contributed by atoms with Gasteiger partial charge in [0.1, 0.15) is 11.3 Å². The van der Waals surface area contributed by atoms with Crippen LogP contribution in [0.4, 0.5) is 10.6 Å². The molecule has 10 heteroatoms. The molecule has 0 saturated carbocycles. The SMILES string of the molecule is COc1cccc(C(=O)Nc2nn(C(=O)O)c3cc(C(=O)O)oc23)c1. The van der Waals surface area contributed by atoms with E-state index in [1.54, 1.807) is 12.1 Å². The number of nitrogens with one attached hydrogen (secondary N) is 1. The van der Waals surface area contributed by atoms with Crippen LogP contribution in [-0.4, -0.2) is 45.1 Å². The lowest BCUT2D eigenvalue weighted by atomic mass is 10.2. The van der Waals surface area contributed by atoms with Crippen molar-refractivity contribution < 1.29 is 33.8 Å². The molecule has 0 radical (unpaired) electrons. The minimum atomic E-state index is -1.45. The number of hydrogen-bond donors (Lipinski definition) is 3. The van der Waals surface area contributed by atoms with Gasteiger partial charge in [-0.1, -0.05) is 6.07 Å². The highest BCUT2D eigenvalue weighted by molar-refractivity contribution is 6.08. The maximum atomic E-state index is 12.3. The topological polar surface area (TPSA) is 144 Å². The zero-order chi connectivity index (χ0) is 18.1. The number of hydrogen-bond acceptors (Lipinski definition) is 6. The predicted molar refractivity (Wildman–Crippen MR) is 83.3 cm³/mol. The third-order valence-corrected chi connectivity index (χ3v) is 3.31. The fourth-order valence-corrected chi connectivity index (χ4v) is 2.18. The van der Waals surface area contributed by atoms with Gasteiger partial charge in [-0.3, -0.25) is 4.79 Å². The number of furan rings is 1. The van der Waals surface area contributed by atoms with Gasteiger partial charge in [0.15, 0.2) is 11.4 Å². The first-order valence-electron chi connectivity index (χ1n) is 6.85. The van der Waals surface area contributed by atoms with Gasteiger partial charge in [0.25, 0.3) is 5.91 Å². The van der Waals surface area contributed by atoms with Crippen LogP contribution in [-0.2, 0) is 0 Å². The molecule has 2 heterocycles. The number of nitrogens with zero attached hydrogens (tertiary/aromatic N) is 2. The van der Waals surface area contributed by atoms with Crippen LogP contribution in [0.1, 0.15) is 20.9 Å². The van der Waals surface area contributed by atoms with E-state index in [1.165, 1.54) is 19.2 Å². The minimum absolute atomic E-state index is 0.0918. The third kappa shape index (κ3) is 2.87. The van der Waals surface area contributed by atoms with Crippen molar-refractivity contribution in [2.75, 3.05) is 12.4 Å². The van der Waals surface area contributed by atoms with Gasteiger partial charge >= 0.3 is 12.1 Å². The molecule has 25 heavy (non-hydrogen) atoms. The Bertz CT molecular complexity index is 1000. The molecule has 0 aliphatic rings. The van der Waals surface area contributed by atoms with E-state index in [4.69, 9.17) is 19.4 Å². The molecule has 0 spiro atoms. The Hall–Kier alpha value is -3.82. The van der Waals surface area contributed by atoms with Crippen molar-refractivity contribution in [3.8, 4) is 5.75 Å². The predicted octanol–water partition coefficient (Wildman–Crippen LogP) is 2.11. The van der Waals surface area contributed by atoms with Gasteiger partial charge in [0.2, 0.25) is 5.76 Å². The van der Waals surface area contributed by atoms with Crippen LogP contribution < -0.4 is 10.1 Å². The van der Waals surface area contributed by atoms with Crippen LogP contribution in [0.2, 0.25) is 0 Å². The fraction of sp³-hybridized carbons (Fsp3) is 0.0667. The van der Waals surface area contributed by atoms with Crippen LogP contribution in [0.3, 0.4) is 0 Å². The number of ether oxygens (including phenoxy) is 1. The average molecular weight is 345 g/mol. The van der Waals surface area contributed by atoms with E-state index >= 15 is 0 Å². The summed E-state index contributed by atoms with van der Waals surface area (Å²) in [5.41, 5.74) is -0.00993. The summed E-state index contributed by atoms with van der Waals surface area (Å²) in [5, 5.41) is 24.2. The van der Waals surface area contributed by atoms with Crippen LogP contribution in [0.15, 0.2) is 34.7 Å². The number of benzene rings is 1. The van der Waals surface area contributed by atoms with Crippen LogP contribution in [0.5, 0.6) is 5.75 Å². The molecule has 1 aromatic carbocycles. The van der Waals surface area contributed by atoms with Gasteiger partial charge in [0, 0.05) is 11.6 Å². The summed E-state index contributed by atoms with van der Waals surface area (Å²) >= 11 is 0. The fourth-order valence-electron chi connectivity index (χ4n) is 2.18. The Balaban J connectivity index is 2.01. The summed E-state index contributed by atoms with van der Waals surface area (Å²) in [6.07, 6.45) is -1.45. The second-order valence-electron chi connectivity index (χ2n) is 4.86. The standard InChI is InChI=1S/C15H11N3O7/c1-24-8-4-2-3-7(5-8)13(19)16-12-11-9(18(17-12)15(22)23)6-10(25-11)14(20)21/h2-6H,1H3,(H,20,21)(H,22,23)(H,16,17,19). The summed E-state index contributed by atoms with van der Waals surface area (Å²) < 4.78 is 10.6. The number of fused-ring (bicyclic) bond motifs is 1. The highest BCUT2D eigenvalue weighted by atomic mass is 16.5. The number of carbonyl (C=O) groups is 3. The number of carboxylic acids is 1. The van der Waals surface area contributed by atoms with E-state index in [-0.39, 0.29) is 22.5 Å². The minimum Gasteiger partial charge on any atom is -0.497 e. The van der Waals surface area contributed by atoms with Crippen molar-refractivity contribution in [2.45, 2.75) is 0 Å². The number of aromatic carboxylic acids is 1. The lowest BCUT2D eigenvalue weighted by Gasteiger charge is -2.04. The largest absolute Gasteiger partial charge is 0.497 e. The van der Waals surface area contributed by atoms with Crippen LogP contribution in [0, 0.1) is 0 Å². The molecule has 1 amide bonds. The lowest BCUT2D eigenvalue weighted by molar-refractivity contribution is 0.0665. The van der Waals surface area contributed by atoms with Crippen molar-refractivity contribution in [3.63, 3.8) is 0 Å². The number of aromatic nitrogens is 2. The van der Waals surface area contributed by atoms with Crippen molar-refractivity contribution in [1.82, 2.24) is 9.78 Å². The molecule has 10 nitrogen and oxygen atoms in total. The second-order valence-corrected chi connectivity index (χ2v) is 4.86. The van der Waals surface area contributed by atoms with E-state index in [0.29, 0.717) is 10.4 Å². The van der Waals surface area contributed by atoms with E-state index in [2.05, 4.69) is 10.4 Å². The van der Waals surface area contributed by atoms with E-state index in [9.17, 15) is 14.4 Å². The van der Waals surface area contributed by atoms with Crippen molar-refractivity contribution in [3.05, 3.63) is 41.7 Å². The molecule has 2 aromatic heterocycles.